The first-order valence-corrected chi connectivity index (χ1v) is 15.3. The number of aryl methyl sites for hydroxylation is 2. The Hall–Kier alpha value is -2.96. The Morgan fingerprint density at radius 1 is 0.744 bits per heavy atom. The van der Waals surface area contributed by atoms with E-state index in [0.717, 1.165) is 11.1 Å². The van der Waals surface area contributed by atoms with E-state index in [-0.39, 0.29) is 34.4 Å². The van der Waals surface area contributed by atoms with Crippen molar-refractivity contribution in [3.63, 3.8) is 0 Å². The lowest BCUT2D eigenvalue weighted by Crippen LogP contribution is -2.39. The molecular weight excluding hydrogens is 542 g/mol. The van der Waals surface area contributed by atoms with Crippen molar-refractivity contribution in [3.8, 4) is 11.5 Å². The van der Waals surface area contributed by atoms with Crippen LogP contribution in [0, 0.1) is 13.8 Å². The maximum atomic E-state index is 13.7. The fourth-order valence-electron chi connectivity index (χ4n) is 3.76. The van der Waals surface area contributed by atoms with Gasteiger partial charge < -0.3 is 18.4 Å². The van der Waals surface area contributed by atoms with Gasteiger partial charge in [0.25, 0.3) is 0 Å². The Kier molecular flexibility index (Phi) is 10.5. The summed E-state index contributed by atoms with van der Waals surface area (Å²) in [5, 5.41) is 0. The van der Waals surface area contributed by atoms with Crippen molar-refractivity contribution in [1.82, 2.24) is 4.31 Å². The second-order valence-corrected chi connectivity index (χ2v) is 12.3. The molecule has 0 radical (unpaired) electrons. The molecule has 0 atom stereocenters. The minimum Gasteiger partial charge on any atom is -0.493 e. The van der Waals surface area contributed by atoms with Crippen LogP contribution in [0.25, 0.3) is 0 Å². The number of hydrogen-bond donors (Lipinski definition) is 0. The predicted octanol–water partition coefficient (Wildman–Crippen LogP) is 4.67. The lowest BCUT2D eigenvalue weighted by atomic mass is 10.2. The molecule has 0 amide bonds. The van der Waals surface area contributed by atoms with Gasteiger partial charge in [0.05, 0.1) is 18.6 Å². The van der Waals surface area contributed by atoms with Crippen LogP contribution in [0.15, 0.2) is 76.5 Å². The Labute approximate surface area is 231 Å². The predicted molar refractivity (Wildman–Crippen MR) is 148 cm³/mol. The van der Waals surface area contributed by atoms with Crippen molar-refractivity contribution in [2.45, 2.75) is 50.3 Å². The molecule has 0 aliphatic heterocycles. The van der Waals surface area contributed by atoms with Crippen LogP contribution in [-0.4, -0.2) is 54.3 Å². The summed E-state index contributed by atoms with van der Waals surface area (Å²) >= 11 is 0. The summed E-state index contributed by atoms with van der Waals surface area (Å²) < 4.78 is 76.6. The van der Waals surface area contributed by atoms with Crippen molar-refractivity contribution in [2.24, 2.45) is 0 Å². The summed E-state index contributed by atoms with van der Waals surface area (Å²) in [5.74, 6) is 0.123. The van der Waals surface area contributed by atoms with E-state index in [0.29, 0.717) is 18.8 Å². The molecule has 0 spiro atoms. The zero-order valence-corrected chi connectivity index (χ0v) is 24.4. The van der Waals surface area contributed by atoms with E-state index in [1.807, 2.05) is 13.8 Å². The van der Waals surface area contributed by atoms with Crippen LogP contribution in [0.3, 0.4) is 0 Å². The van der Waals surface area contributed by atoms with Crippen LogP contribution in [-0.2, 0) is 36.2 Å². The molecule has 3 aromatic rings. The highest BCUT2D eigenvalue weighted by Gasteiger charge is 2.29. The highest BCUT2D eigenvalue weighted by molar-refractivity contribution is 7.89. The Morgan fingerprint density at radius 2 is 1.28 bits per heavy atom. The zero-order chi connectivity index (χ0) is 28.6. The molecule has 0 aliphatic carbocycles. The van der Waals surface area contributed by atoms with E-state index >= 15 is 0 Å². The molecule has 0 bridgehead atoms. The highest BCUT2D eigenvalue weighted by Crippen LogP contribution is 2.32. The topological polar surface area (TPSA) is 108 Å². The molecule has 0 aliphatic rings. The van der Waals surface area contributed by atoms with Gasteiger partial charge in [-0.3, -0.25) is 0 Å². The summed E-state index contributed by atoms with van der Waals surface area (Å²) in [4.78, 5) is 0.104. The van der Waals surface area contributed by atoms with Crippen LogP contribution in [0.5, 0.6) is 11.5 Å². The summed E-state index contributed by atoms with van der Waals surface area (Å²) in [6.45, 7) is 7.80. The van der Waals surface area contributed by atoms with Gasteiger partial charge >= 0.3 is 10.1 Å². The van der Waals surface area contributed by atoms with E-state index in [9.17, 15) is 16.8 Å². The van der Waals surface area contributed by atoms with Crippen molar-refractivity contribution < 1.29 is 35.2 Å². The molecule has 0 unspecified atom stereocenters. The first kappa shape index (κ1) is 30.6. The standard InChI is InChI=1S/C28H35NO8S2/c1-6-35-28(36-7-2)20-29(38(30,31)24-13-8-21(3)9-14-24)19-23-12-17-26(34-5)27(18-23)37-39(32,33)25-15-10-22(4)11-16-25/h8-18,28H,6-7,19-20H2,1-5H3. The van der Waals surface area contributed by atoms with Gasteiger partial charge in [0.15, 0.2) is 17.8 Å². The van der Waals surface area contributed by atoms with Crippen LogP contribution in [0.1, 0.15) is 30.5 Å². The second kappa shape index (κ2) is 13.4. The van der Waals surface area contributed by atoms with Gasteiger partial charge in [0.1, 0.15) is 4.90 Å². The number of ether oxygens (including phenoxy) is 3. The molecule has 212 valence electrons. The molecule has 39 heavy (non-hydrogen) atoms. The fourth-order valence-corrected chi connectivity index (χ4v) is 6.11. The summed E-state index contributed by atoms with van der Waals surface area (Å²) in [6.07, 6.45) is -0.795. The van der Waals surface area contributed by atoms with Gasteiger partial charge in [0, 0.05) is 19.8 Å². The molecule has 0 saturated heterocycles. The van der Waals surface area contributed by atoms with Crippen LogP contribution in [0.2, 0.25) is 0 Å². The Morgan fingerprint density at radius 3 is 1.79 bits per heavy atom. The monoisotopic (exact) mass is 577 g/mol. The van der Waals surface area contributed by atoms with E-state index in [1.165, 1.54) is 35.7 Å². The third-order valence-corrected chi connectivity index (χ3v) is 8.89. The molecule has 0 fully saturated rings. The smallest absolute Gasteiger partial charge is 0.339 e. The van der Waals surface area contributed by atoms with Gasteiger partial charge in [-0.25, -0.2) is 8.42 Å². The molecule has 0 N–H and O–H groups in total. The van der Waals surface area contributed by atoms with E-state index in [2.05, 4.69) is 0 Å². The number of rotatable bonds is 14. The summed E-state index contributed by atoms with van der Waals surface area (Å²) in [6, 6.07) is 17.4. The van der Waals surface area contributed by atoms with Gasteiger partial charge in [-0.2, -0.15) is 12.7 Å². The SMILES string of the molecule is CCOC(CN(Cc1ccc(OC)c(OS(=O)(=O)c2ccc(C)cc2)c1)S(=O)(=O)c1ccc(C)cc1)OCC. The van der Waals surface area contributed by atoms with Crippen LogP contribution in [0.4, 0.5) is 0 Å². The van der Waals surface area contributed by atoms with Crippen molar-refractivity contribution >= 4 is 20.1 Å². The van der Waals surface area contributed by atoms with E-state index in [1.54, 1.807) is 56.3 Å². The summed E-state index contributed by atoms with van der Waals surface area (Å²) in [7, 11) is -6.75. The minimum atomic E-state index is -4.17. The molecule has 3 rings (SSSR count). The van der Waals surface area contributed by atoms with Crippen LogP contribution < -0.4 is 8.92 Å². The minimum absolute atomic E-state index is 0.0135. The normalized spacial score (nSPS) is 12.2. The van der Waals surface area contributed by atoms with E-state index in [4.69, 9.17) is 18.4 Å². The average molecular weight is 578 g/mol. The third-order valence-electron chi connectivity index (χ3n) is 5.81. The largest absolute Gasteiger partial charge is 0.493 e. The molecule has 0 aromatic heterocycles. The average Bonchev–Trinajstić information content (AvgIpc) is 2.89. The van der Waals surface area contributed by atoms with E-state index < -0.39 is 26.4 Å². The lowest BCUT2D eigenvalue weighted by Gasteiger charge is -2.27. The fraction of sp³-hybridized carbons (Fsp3) is 0.357. The Balaban J connectivity index is 1.99. The maximum Gasteiger partial charge on any atom is 0.339 e. The van der Waals surface area contributed by atoms with Gasteiger partial charge in [0.2, 0.25) is 10.0 Å². The molecule has 11 heteroatoms. The number of nitrogens with zero attached hydrogens (tertiary/aromatic N) is 1. The summed E-state index contributed by atoms with van der Waals surface area (Å²) in [5.41, 5.74) is 2.31. The molecule has 0 heterocycles. The number of benzene rings is 3. The lowest BCUT2D eigenvalue weighted by molar-refractivity contribution is -0.140. The highest BCUT2D eigenvalue weighted by atomic mass is 32.2. The number of hydrogen-bond acceptors (Lipinski definition) is 8. The molecule has 9 nitrogen and oxygen atoms in total. The molecule has 3 aromatic carbocycles. The first-order chi connectivity index (χ1) is 18.5. The number of sulfonamides is 1. The van der Waals surface area contributed by atoms with Gasteiger partial charge in [-0.15, -0.1) is 0 Å². The number of methoxy groups -OCH3 is 1. The maximum absolute atomic E-state index is 13.7. The van der Waals surface area contributed by atoms with Gasteiger partial charge in [-0.1, -0.05) is 41.5 Å². The first-order valence-electron chi connectivity index (χ1n) is 12.5. The molecular formula is C28H35NO8S2. The quantitative estimate of drug-likeness (QED) is 0.201. The van der Waals surface area contributed by atoms with Crippen molar-refractivity contribution in [1.29, 1.82) is 0 Å². The van der Waals surface area contributed by atoms with Crippen LogP contribution >= 0.6 is 0 Å². The Bertz CT molecular complexity index is 1430. The molecule has 0 saturated carbocycles. The zero-order valence-electron chi connectivity index (χ0n) is 22.8. The van der Waals surface area contributed by atoms with Crippen molar-refractivity contribution in [3.05, 3.63) is 83.4 Å². The second-order valence-electron chi connectivity index (χ2n) is 8.79. The van der Waals surface area contributed by atoms with Gasteiger partial charge in [-0.05, 0) is 69.7 Å². The third kappa shape index (κ3) is 8.02. The van der Waals surface area contributed by atoms with Crippen molar-refractivity contribution in [2.75, 3.05) is 26.9 Å².